The number of sulfonamides is 1. The lowest BCUT2D eigenvalue weighted by molar-refractivity contribution is -0.129. The number of hydrogen-bond acceptors (Lipinski definition) is 4. The van der Waals surface area contributed by atoms with E-state index in [0.717, 1.165) is 29.1 Å². The van der Waals surface area contributed by atoms with E-state index in [4.69, 9.17) is 0 Å². The number of benzene rings is 1. The minimum atomic E-state index is -4.59. The molecule has 27 heavy (non-hydrogen) atoms. The molecule has 150 valence electrons. The number of alkyl halides is 3. The van der Waals surface area contributed by atoms with Crippen LogP contribution >= 0.6 is 11.8 Å². The van der Waals surface area contributed by atoms with Gasteiger partial charge in [-0.05, 0) is 43.7 Å². The van der Waals surface area contributed by atoms with Crippen LogP contribution in [0.25, 0.3) is 0 Å². The topological polar surface area (TPSA) is 54.5 Å². The minimum Gasteiger partial charge on any atom is -0.298 e. The fourth-order valence-electron chi connectivity index (χ4n) is 3.78. The van der Waals surface area contributed by atoms with Crippen LogP contribution < -0.4 is 0 Å². The zero-order valence-corrected chi connectivity index (χ0v) is 16.6. The quantitative estimate of drug-likeness (QED) is 0.717. The van der Waals surface area contributed by atoms with Crippen LogP contribution in [-0.4, -0.2) is 41.9 Å². The van der Waals surface area contributed by atoms with Crippen molar-refractivity contribution >= 4 is 27.6 Å². The average molecular weight is 422 g/mol. The second-order valence-electron chi connectivity index (χ2n) is 7.33. The Morgan fingerprint density at radius 2 is 1.67 bits per heavy atom. The summed E-state index contributed by atoms with van der Waals surface area (Å²) in [7, 11) is -3.91. The largest absolute Gasteiger partial charge is 0.442 e. The third kappa shape index (κ3) is 4.35. The minimum absolute atomic E-state index is 0.0313. The van der Waals surface area contributed by atoms with E-state index in [1.807, 2.05) is 6.92 Å². The highest BCUT2D eigenvalue weighted by atomic mass is 32.2. The summed E-state index contributed by atoms with van der Waals surface area (Å²) >= 11 is -0.345. The van der Waals surface area contributed by atoms with E-state index in [-0.39, 0.29) is 16.7 Å². The number of nitrogens with zero attached hydrogens (tertiary/aromatic N) is 1. The first kappa shape index (κ1) is 20.7. The number of thioether (sulfide) groups is 1. The smallest absolute Gasteiger partial charge is 0.298 e. The first-order chi connectivity index (χ1) is 12.5. The molecule has 0 amide bonds. The van der Waals surface area contributed by atoms with Crippen LogP contribution in [0.4, 0.5) is 13.2 Å². The van der Waals surface area contributed by atoms with Crippen molar-refractivity contribution < 1.29 is 26.4 Å². The molecule has 2 fully saturated rings. The molecule has 2 aliphatic rings. The zero-order valence-electron chi connectivity index (χ0n) is 15.0. The predicted molar refractivity (Wildman–Crippen MR) is 97.9 cm³/mol. The van der Waals surface area contributed by atoms with Gasteiger partial charge in [-0.2, -0.15) is 17.5 Å². The van der Waals surface area contributed by atoms with E-state index in [2.05, 4.69) is 0 Å². The van der Waals surface area contributed by atoms with E-state index in [0.29, 0.717) is 12.8 Å². The van der Waals surface area contributed by atoms with Crippen LogP contribution in [0.5, 0.6) is 0 Å². The van der Waals surface area contributed by atoms with Crippen molar-refractivity contribution in [3.8, 4) is 0 Å². The van der Waals surface area contributed by atoms with Crippen molar-refractivity contribution in [3.05, 3.63) is 29.8 Å². The highest BCUT2D eigenvalue weighted by molar-refractivity contribution is 8.02. The summed E-state index contributed by atoms with van der Waals surface area (Å²) in [5.74, 6) is -0.849. The van der Waals surface area contributed by atoms with Crippen LogP contribution in [0.15, 0.2) is 29.2 Å². The Labute approximate surface area is 161 Å². The van der Waals surface area contributed by atoms with Crippen molar-refractivity contribution in [1.82, 2.24) is 4.31 Å². The summed E-state index contributed by atoms with van der Waals surface area (Å²) in [4.78, 5) is 12.9. The maximum absolute atomic E-state index is 13.1. The van der Waals surface area contributed by atoms with E-state index in [1.54, 1.807) is 12.1 Å². The van der Waals surface area contributed by atoms with Crippen LogP contribution in [0.2, 0.25) is 0 Å². The normalized spacial score (nSPS) is 21.6. The molecule has 1 aromatic rings. The van der Waals surface area contributed by atoms with Gasteiger partial charge in [0.05, 0.1) is 4.90 Å². The number of halogens is 3. The van der Waals surface area contributed by atoms with Gasteiger partial charge in [-0.3, -0.25) is 4.79 Å². The summed E-state index contributed by atoms with van der Waals surface area (Å²) in [5.41, 5.74) is -3.71. The second-order valence-corrected chi connectivity index (χ2v) is 10.7. The Kier molecular flexibility index (Phi) is 5.67. The summed E-state index contributed by atoms with van der Waals surface area (Å²) in [5, 5.41) is 0. The molecule has 1 aliphatic carbocycles. The molecule has 0 atom stereocenters. The Morgan fingerprint density at radius 3 is 2.19 bits per heavy atom. The highest BCUT2D eigenvalue weighted by Crippen LogP contribution is 2.49. The Balaban J connectivity index is 1.81. The summed E-state index contributed by atoms with van der Waals surface area (Å²) in [6.45, 7) is 0.958. The molecule has 0 aromatic heterocycles. The predicted octanol–water partition coefficient (Wildman–Crippen LogP) is 4.14. The maximum Gasteiger partial charge on any atom is 0.442 e. The van der Waals surface area contributed by atoms with Crippen molar-refractivity contribution in [2.45, 2.75) is 54.2 Å². The van der Waals surface area contributed by atoms with Gasteiger partial charge in [-0.1, -0.05) is 37.0 Å². The molecule has 1 aromatic carbocycles. The Morgan fingerprint density at radius 1 is 1.11 bits per heavy atom. The molecule has 4 nitrogen and oxygen atoms in total. The van der Waals surface area contributed by atoms with Crippen LogP contribution in [0, 0.1) is 12.8 Å². The van der Waals surface area contributed by atoms with Gasteiger partial charge in [0.2, 0.25) is 10.0 Å². The first-order valence-corrected chi connectivity index (χ1v) is 11.2. The highest BCUT2D eigenvalue weighted by Gasteiger charge is 2.59. The molecule has 0 radical (unpaired) electrons. The molecule has 0 bridgehead atoms. The van der Waals surface area contributed by atoms with Crippen LogP contribution in [0.1, 0.15) is 37.7 Å². The van der Waals surface area contributed by atoms with Crippen molar-refractivity contribution in [1.29, 1.82) is 0 Å². The molecular weight excluding hydrogens is 399 g/mol. The Hall–Kier alpha value is -1.06. The van der Waals surface area contributed by atoms with Gasteiger partial charge in [0.15, 0.2) is 5.78 Å². The standard InChI is InChI=1S/C18H22F3NO3S2/c1-13-7-9-15(10-8-13)27(24,25)22-11-17(12-22,26-18(19,20)21)16(23)14-5-3-2-4-6-14/h7-10,14H,2-6,11-12H2,1H3. The van der Waals surface area contributed by atoms with Gasteiger partial charge in [0, 0.05) is 19.0 Å². The fourth-order valence-corrected chi connectivity index (χ4v) is 6.66. The fraction of sp³-hybridized carbons (Fsp3) is 0.611. The zero-order chi connectivity index (χ0) is 19.9. The molecule has 0 N–H and O–H groups in total. The van der Waals surface area contributed by atoms with E-state index < -0.39 is 45.1 Å². The molecule has 3 rings (SSSR count). The van der Waals surface area contributed by atoms with Gasteiger partial charge in [0.1, 0.15) is 4.75 Å². The average Bonchev–Trinajstić information content (AvgIpc) is 2.57. The monoisotopic (exact) mass is 421 g/mol. The van der Waals surface area contributed by atoms with Gasteiger partial charge in [0.25, 0.3) is 0 Å². The van der Waals surface area contributed by atoms with Gasteiger partial charge < -0.3 is 0 Å². The molecule has 0 spiro atoms. The molecule has 1 aliphatic heterocycles. The van der Waals surface area contributed by atoms with Crippen molar-refractivity contribution in [3.63, 3.8) is 0 Å². The number of carbonyl (C=O) groups is 1. The van der Waals surface area contributed by atoms with Gasteiger partial charge in [-0.25, -0.2) is 8.42 Å². The van der Waals surface area contributed by atoms with Crippen molar-refractivity contribution in [2.24, 2.45) is 5.92 Å². The third-order valence-corrected chi connectivity index (χ3v) is 8.15. The lowest BCUT2D eigenvalue weighted by atomic mass is 9.79. The lowest BCUT2D eigenvalue weighted by Crippen LogP contribution is -2.67. The SMILES string of the molecule is Cc1ccc(S(=O)(=O)N2CC(SC(F)(F)F)(C(=O)C3CCCCC3)C2)cc1. The number of ketones is 1. The number of carbonyl (C=O) groups excluding carboxylic acids is 1. The summed E-state index contributed by atoms with van der Waals surface area (Å²) < 4.78 is 64.1. The van der Waals surface area contributed by atoms with Crippen LogP contribution in [-0.2, 0) is 14.8 Å². The molecular formula is C18H22F3NO3S2. The van der Waals surface area contributed by atoms with Gasteiger partial charge >= 0.3 is 5.51 Å². The van der Waals surface area contributed by atoms with Crippen molar-refractivity contribution in [2.75, 3.05) is 13.1 Å². The van der Waals surface area contributed by atoms with Crippen LogP contribution in [0.3, 0.4) is 0 Å². The molecule has 1 saturated carbocycles. The number of hydrogen-bond donors (Lipinski definition) is 0. The summed E-state index contributed by atoms with van der Waals surface area (Å²) in [6, 6.07) is 6.14. The number of Topliss-reactive ketones (excluding diaryl/α,β-unsaturated/α-hetero) is 1. The number of aryl methyl sites for hydroxylation is 1. The molecule has 0 unspecified atom stereocenters. The first-order valence-electron chi connectivity index (χ1n) is 8.92. The van der Waals surface area contributed by atoms with E-state index in [1.165, 1.54) is 12.1 Å². The molecule has 1 saturated heterocycles. The maximum atomic E-state index is 13.1. The summed E-state index contributed by atoms with van der Waals surface area (Å²) in [6.07, 6.45) is 3.81. The van der Waals surface area contributed by atoms with Gasteiger partial charge in [-0.15, -0.1) is 0 Å². The van der Waals surface area contributed by atoms with E-state index >= 15 is 0 Å². The molecule has 1 heterocycles. The third-order valence-electron chi connectivity index (χ3n) is 5.26. The van der Waals surface area contributed by atoms with E-state index in [9.17, 15) is 26.4 Å². The molecule has 9 heteroatoms. The second kappa shape index (κ2) is 7.40. The number of rotatable bonds is 5. The lowest BCUT2D eigenvalue weighted by Gasteiger charge is -2.48. The Bertz CT molecular complexity index is 794.